The number of nitrogens with two attached hydrogens (primary N) is 1. The van der Waals surface area contributed by atoms with Crippen molar-refractivity contribution in [1.82, 2.24) is 4.98 Å². The molecule has 6 heteroatoms. The van der Waals surface area contributed by atoms with Gasteiger partial charge in [0, 0.05) is 10.5 Å². The van der Waals surface area contributed by atoms with Gasteiger partial charge in [0.2, 0.25) is 0 Å². The number of aromatic nitrogens is 1. The van der Waals surface area contributed by atoms with Gasteiger partial charge in [0.15, 0.2) is 0 Å². The van der Waals surface area contributed by atoms with Crippen LogP contribution in [-0.2, 0) is 0 Å². The molecule has 1 heterocycles. The summed E-state index contributed by atoms with van der Waals surface area (Å²) in [5.74, 6) is 1.89. The first kappa shape index (κ1) is 13.2. The summed E-state index contributed by atoms with van der Waals surface area (Å²) in [7, 11) is 1.62. The molecule has 0 amide bonds. The Balaban J connectivity index is 2.34. The maximum absolute atomic E-state index is 5.64. The van der Waals surface area contributed by atoms with E-state index in [1.807, 2.05) is 24.3 Å². The van der Waals surface area contributed by atoms with Crippen molar-refractivity contribution >= 4 is 49.2 Å². The molecule has 0 bridgehead atoms. The number of nitrogens with zero attached hydrogens (tertiary/aromatic N) is 1. The van der Waals surface area contributed by atoms with E-state index in [0.717, 1.165) is 20.4 Å². The average molecular weight is 373 g/mol. The summed E-state index contributed by atoms with van der Waals surface area (Å²) in [6, 6.07) is 9.21. The normalized spacial score (nSPS) is 10.2. The number of halogens is 2. The van der Waals surface area contributed by atoms with E-state index in [2.05, 4.69) is 42.2 Å². The summed E-state index contributed by atoms with van der Waals surface area (Å²) in [4.78, 5) is 4.18. The minimum Gasteiger partial charge on any atom is -0.495 e. The molecule has 2 rings (SSSR count). The second kappa shape index (κ2) is 5.58. The van der Waals surface area contributed by atoms with Crippen molar-refractivity contribution in [2.75, 3.05) is 18.2 Å². The molecule has 0 saturated heterocycles. The van der Waals surface area contributed by atoms with Crippen molar-refractivity contribution in [3.63, 3.8) is 0 Å². The van der Waals surface area contributed by atoms with Crippen LogP contribution in [0.4, 0.5) is 17.3 Å². The number of rotatable bonds is 3. The van der Waals surface area contributed by atoms with Crippen LogP contribution in [0, 0.1) is 0 Å². The Bertz CT molecular complexity index is 575. The monoisotopic (exact) mass is 371 g/mol. The highest BCUT2D eigenvalue weighted by atomic mass is 79.9. The first-order valence-corrected chi connectivity index (χ1v) is 6.71. The van der Waals surface area contributed by atoms with Crippen LogP contribution in [0.5, 0.6) is 5.75 Å². The van der Waals surface area contributed by atoms with Gasteiger partial charge < -0.3 is 15.8 Å². The zero-order valence-electron chi connectivity index (χ0n) is 9.58. The Kier molecular flexibility index (Phi) is 4.08. The van der Waals surface area contributed by atoms with Crippen molar-refractivity contribution in [2.45, 2.75) is 0 Å². The molecule has 2 aromatic rings. The molecule has 0 atom stereocenters. The summed E-state index contributed by atoms with van der Waals surface area (Å²) in [5.41, 5.74) is 6.49. The van der Waals surface area contributed by atoms with Crippen LogP contribution in [0.15, 0.2) is 39.3 Å². The smallest absolute Gasteiger partial charge is 0.135 e. The quantitative estimate of drug-likeness (QED) is 0.856. The van der Waals surface area contributed by atoms with E-state index in [1.165, 1.54) is 0 Å². The molecule has 1 aromatic carbocycles. The molecule has 0 fully saturated rings. The Hall–Kier alpha value is -1.27. The fraction of sp³-hybridized carbons (Fsp3) is 0.0833. The largest absolute Gasteiger partial charge is 0.495 e. The van der Waals surface area contributed by atoms with Crippen LogP contribution in [0.3, 0.4) is 0 Å². The Labute approximate surface area is 122 Å². The van der Waals surface area contributed by atoms with Crippen LogP contribution in [-0.4, -0.2) is 12.1 Å². The lowest BCUT2D eigenvalue weighted by atomic mass is 10.3. The van der Waals surface area contributed by atoms with Crippen LogP contribution >= 0.6 is 31.9 Å². The van der Waals surface area contributed by atoms with E-state index in [1.54, 1.807) is 13.2 Å². The van der Waals surface area contributed by atoms with Crippen molar-refractivity contribution in [3.8, 4) is 5.75 Å². The number of methoxy groups -OCH3 is 1. The summed E-state index contributed by atoms with van der Waals surface area (Å²) in [6.07, 6.45) is 0. The summed E-state index contributed by atoms with van der Waals surface area (Å²) < 4.78 is 7.03. The van der Waals surface area contributed by atoms with E-state index < -0.39 is 0 Å². The second-order valence-electron chi connectivity index (χ2n) is 3.54. The van der Waals surface area contributed by atoms with E-state index in [-0.39, 0.29) is 0 Å². The molecule has 0 aliphatic rings. The SMILES string of the molecule is COc1cc(Nc2cccc(N)n2)c(Br)cc1Br. The third kappa shape index (κ3) is 2.94. The van der Waals surface area contributed by atoms with Gasteiger partial charge >= 0.3 is 0 Å². The lowest BCUT2D eigenvalue weighted by Crippen LogP contribution is -1.98. The van der Waals surface area contributed by atoms with Gasteiger partial charge in [0.1, 0.15) is 17.4 Å². The minimum absolute atomic E-state index is 0.472. The van der Waals surface area contributed by atoms with Crippen molar-refractivity contribution in [3.05, 3.63) is 39.3 Å². The number of ether oxygens (including phenoxy) is 1. The lowest BCUT2D eigenvalue weighted by molar-refractivity contribution is 0.412. The third-order valence-electron chi connectivity index (χ3n) is 2.27. The number of hydrogen-bond acceptors (Lipinski definition) is 4. The van der Waals surface area contributed by atoms with Gasteiger partial charge in [-0.05, 0) is 50.1 Å². The predicted octanol–water partition coefficient (Wildman–Crippen LogP) is 3.94. The van der Waals surface area contributed by atoms with E-state index in [4.69, 9.17) is 10.5 Å². The standard InChI is InChI=1S/C12H11Br2N3O/c1-18-10-6-9(7(13)5-8(10)14)16-12-4-2-3-11(15)17-12/h2-6H,1H3,(H3,15,16,17). The fourth-order valence-electron chi connectivity index (χ4n) is 1.44. The molecule has 0 saturated carbocycles. The molecule has 94 valence electrons. The topological polar surface area (TPSA) is 60.2 Å². The van der Waals surface area contributed by atoms with Gasteiger partial charge in [0.25, 0.3) is 0 Å². The molecule has 0 aliphatic carbocycles. The minimum atomic E-state index is 0.472. The zero-order chi connectivity index (χ0) is 13.1. The highest BCUT2D eigenvalue weighted by Gasteiger charge is 2.07. The molecule has 4 nitrogen and oxygen atoms in total. The van der Waals surface area contributed by atoms with Gasteiger partial charge in [-0.1, -0.05) is 6.07 Å². The molecule has 3 N–H and O–H groups in total. The van der Waals surface area contributed by atoms with Crippen LogP contribution in [0.2, 0.25) is 0 Å². The van der Waals surface area contributed by atoms with E-state index in [9.17, 15) is 0 Å². The van der Waals surface area contributed by atoms with Crippen molar-refractivity contribution < 1.29 is 4.74 Å². The number of pyridine rings is 1. The van der Waals surface area contributed by atoms with Crippen LogP contribution in [0.1, 0.15) is 0 Å². The molecular weight excluding hydrogens is 362 g/mol. The average Bonchev–Trinajstić information content (AvgIpc) is 2.33. The Morgan fingerprint density at radius 2 is 2.00 bits per heavy atom. The highest BCUT2D eigenvalue weighted by molar-refractivity contribution is 9.11. The molecule has 0 aliphatic heterocycles. The van der Waals surface area contributed by atoms with Gasteiger partial charge in [-0.25, -0.2) is 4.98 Å². The Morgan fingerprint density at radius 3 is 2.67 bits per heavy atom. The first-order chi connectivity index (χ1) is 8.60. The number of nitrogen functional groups attached to an aromatic ring is 1. The predicted molar refractivity (Wildman–Crippen MR) is 80.3 cm³/mol. The summed E-state index contributed by atoms with van der Waals surface area (Å²) in [5, 5.41) is 3.18. The molecule has 0 unspecified atom stereocenters. The molecule has 0 spiro atoms. The third-order valence-corrected chi connectivity index (χ3v) is 3.55. The number of nitrogens with one attached hydrogen (secondary N) is 1. The molecular formula is C12H11Br2N3O. The van der Waals surface area contributed by atoms with Crippen LogP contribution < -0.4 is 15.8 Å². The number of benzene rings is 1. The van der Waals surface area contributed by atoms with Crippen LogP contribution in [0.25, 0.3) is 0 Å². The molecule has 1 aromatic heterocycles. The van der Waals surface area contributed by atoms with E-state index >= 15 is 0 Å². The molecule has 0 radical (unpaired) electrons. The number of hydrogen-bond donors (Lipinski definition) is 2. The van der Waals surface area contributed by atoms with Crippen molar-refractivity contribution in [2.24, 2.45) is 0 Å². The lowest BCUT2D eigenvalue weighted by Gasteiger charge is -2.11. The first-order valence-electron chi connectivity index (χ1n) is 5.12. The highest BCUT2D eigenvalue weighted by Crippen LogP contribution is 2.35. The maximum Gasteiger partial charge on any atom is 0.135 e. The van der Waals surface area contributed by atoms with Gasteiger partial charge in [0.05, 0.1) is 17.3 Å². The van der Waals surface area contributed by atoms with Gasteiger partial charge in [-0.2, -0.15) is 0 Å². The van der Waals surface area contributed by atoms with Crippen molar-refractivity contribution in [1.29, 1.82) is 0 Å². The fourth-order valence-corrected chi connectivity index (χ4v) is 2.70. The summed E-state index contributed by atoms with van der Waals surface area (Å²) >= 11 is 6.90. The number of anilines is 3. The van der Waals surface area contributed by atoms with Gasteiger partial charge in [-0.15, -0.1) is 0 Å². The summed E-state index contributed by atoms with van der Waals surface area (Å²) in [6.45, 7) is 0. The zero-order valence-corrected chi connectivity index (χ0v) is 12.7. The second-order valence-corrected chi connectivity index (χ2v) is 5.25. The van der Waals surface area contributed by atoms with E-state index in [0.29, 0.717) is 11.6 Å². The van der Waals surface area contributed by atoms with Gasteiger partial charge in [-0.3, -0.25) is 0 Å². The molecule has 18 heavy (non-hydrogen) atoms. The Morgan fingerprint density at radius 1 is 1.22 bits per heavy atom. The maximum atomic E-state index is 5.64.